The highest BCUT2D eigenvalue weighted by molar-refractivity contribution is 7.22. The number of aryl methyl sites for hydroxylation is 2. The number of amides is 4. The highest BCUT2D eigenvalue weighted by Crippen LogP contribution is 2.64. The van der Waals surface area contributed by atoms with E-state index in [1.165, 1.54) is 58.4 Å². The van der Waals surface area contributed by atoms with Crippen LogP contribution in [0.25, 0.3) is 20.7 Å². The van der Waals surface area contributed by atoms with E-state index in [-0.39, 0.29) is 35.6 Å². The molecule has 5 aromatic rings. The van der Waals surface area contributed by atoms with E-state index in [9.17, 15) is 29.4 Å². The fourth-order valence-corrected chi connectivity index (χ4v) is 11.1. The molecule has 1 saturated carbocycles. The number of methoxy groups -OCH3 is 1. The molecule has 0 spiro atoms. The van der Waals surface area contributed by atoms with Crippen LogP contribution in [0.15, 0.2) is 78.4 Å². The number of halogens is 1. The lowest BCUT2D eigenvalue weighted by Crippen LogP contribution is -2.48. The standard InChI is InChI=1S/C42H35ClN4O8S/c1-19-26-16-22(43)9-13-32(26)56-36(19)29-18-33(45(3)44-29)47-38(50)28-17-27-24(35(42(28,2)41(47)54)20-8-12-31(55-4)30(48)15-20)10-11-25-34(27)39(51)46(37(25)49)23-7-5-6-21(14-23)40(52)53/h5-10,12-16,18,25,27-28,34-35,48H,11,17H2,1-4H3,(H,52,53). The average Bonchev–Trinajstić information content (AvgIpc) is 3.84. The average molecular weight is 791 g/mol. The van der Waals surface area contributed by atoms with Crippen molar-refractivity contribution in [3.63, 3.8) is 0 Å². The summed E-state index contributed by atoms with van der Waals surface area (Å²) >= 11 is 7.85. The van der Waals surface area contributed by atoms with Crippen molar-refractivity contribution < 1.29 is 38.9 Å². The number of carboxylic acids is 1. The number of imide groups is 2. The van der Waals surface area contributed by atoms with Gasteiger partial charge in [0.25, 0.3) is 0 Å². The zero-order valence-corrected chi connectivity index (χ0v) is 32.2. The van der Waals surface area contributed by atoms with Gasteiger partial charge in [-0.2, -0.15) is 5.10 Å². The number of phenolic OH excluding ortho intramolecular Hbond substituents is 1. The lowest BCUT2D eigenvalue weighted by molar-refractivity contribution is -0.131. The summed E-state index contributed by atoms with van der Waals surface area (Å²) in [5.74, 6) is -6.53. The van der Waals surface area contributed by atoms with Gasteiger partial charge in [-0.1, -0.05) is 35.4 Å². The molecule has 0 radical (unpaired) electrons. The molecule has 6 unspecified atom stereocenters. The summed E-state index contributed by atoms with van der Waals surface area (Å²) < 4.78 is 7.88. The molecular formula is C42H35ClN4O8S. The number of phenols is 1. The molecule has 4 aliphatic rings. The maximum Gasteiger partial charge on any atom is 0.335 e. The van der Waals surface area contributed by atoms with Crippen LogP contribution in [0.5, 0.6) is 11.5 Å². The number of rotatable bonds is 6. The van der Waals surface area contributed by atoms with Gasteiger partial charge in [0.05, 0.1) is 46.4 Å². The number of aromatic carboxylic acids is 1. The van der Waals surface area contributed by atoms with Crippen molar-refractivity contribution in [2.45, 2.75) is 32.6 Å². The summed E-state index contributed by atoms with van der Waals surface area (Å²) in [6, 6.07) is 18.0. The predicted molar refractivity (Wildman–Crippen MR) is 209 cm³/mol. The van der Waals surface area contributed by atoms with E-state index in [0.29, 0.717) is 22.1 Å². The van der Waals surface area contributed by atoms with Gasteiger partial charge >= 0.3 is 5.97 Å². The Balaban J connectivity index is 1.15. The van der Waals surface area contributed by atoms with Gasteiger partial charge in [-0.15, -0.1) is 11.3 Å². The predicted octanol–water partition coefficient (Wildman–Crippen LogP) is 7.11. The molecule has 14 heteroatoms. The van der Waals surface area contributed by atoms with E-state index >= 15 is 4.79 Å². The van der Waals surface area contributed by atoms with Gasteiger partial charge in [-0.25, -0.2) is 9.69 Å². The van der Waals surface area contributed by atoms with Crippen molar-refractivity contribution in [2.24, 2.45) is 36.1 Å². The summed E-state index contributed by atoms with van der Waals surface area (Å²) in [6.07, 6.45) is 2.24. The quantitative estimate of drug-likeness (QED) is 0.135. The lowest BCUT2D eigenvalue weighted by atomic mass is 9.51. The second-order valence-corrected chi connectivity index (χ2v) is 16.7. The topological polar surface area (TPSA) is 159 Å². The Morgan fingerprint density at radius 2 is 1.77 bits per heavy atom. The second kappa shape index (κ2) is 12.6. The first-order valence-corrected chi connectivity index (χ1v) is 19.3. The molecular weight excluding hydrogens is 756 g/mol. The Morgan fingerprint density at radius 1 is 0.982 bits per heavy atom. The van der Waals surface area contributed by atoms with Crippen LogP contribution in [0.2, 0.25) is 5.02 Å². The smallest absolute Gasteiger partial charge is 0.335 e. The minimum absolute atomic E-state index is 0.0648. The minimum atomic E-state index is -1.36. The maximum atomic E-state index is 15.1. The van der Waals surface area contributed by atoms with E-state index in [2.05, 4.69) is 0 Å². The Bertz CT molecular complexity index is 2630. The van der Waals surface area contributed by atoms with Crippen LogP contribution >= 0.6 is 22.9 Å². The van der Waals surface area contributed by atoms with Crippen LogP contribution in [-0.2, 0) is 26.2 Å². The third kappa shape index (κ3) is 4.96. The zero-order valence-electron chi connectivity index (χ0n) is 30.6. The number of benzene rings is 3. The Kier molecular flexibility index (Phi) is 8.08. The molecule has 6 atom stereocenters. The molecule has 4 amide bonds. The van der Waals surface area contributed by atoms with Crippen molar-refractivity contribution in [1.29, 1.82) is 0 Å². The summed E-state index contributed by atoms with van der Waals surface area (Å²) in [5, 5.41) is 27.0. The molecule has 9 rings (SSSR count). The molecule has 2 aromatic heterocycles. The highest BCUT2D eigenvalue weighted by Gasteiger charge is 2.68. The molecule has 3 aromatic carbocycles. The van der Waals surface area contributed by atoms with E-state index < -0.39 is 64.6 Å². The third-order valence-corrected chi connectivity index (χ3v) is 13.9. The van der Waals surface area contributed by atoms with Gasteiger partial charge in [0, 0.05) is 28.8 Å². The maximum absolute atomic E-state index is 15.1. The van der Waals surface area contributed by atoms with Crippen LogP contribution in [0.4, 0.5) is 11.5 Å². The van der Waals surface area contributed by atoms with Gasteiger partial charge < -0.3 is 14.9 Å². The number of allylic oxidation sites excluding steroid dienone is 2. The van der Waals surface area contributed by atoms with Crippen LogP contribution in [0, 0.1) is 36.0 Å². The highest BCUT2D eigenvalue weighted by atomic mass is 35.5. The SMILES string of the molecule is COc1ccc(C2C3=CCC4C(=O)N(c5cccc(C(=O)O)c5)C(=O)C4C3CC3C(=O)N(c4cc(-c5sc6ccc(Cl)cc6c5C)nn4C)C(=O)C32C)cc1O. The van der Waals surface area contributed by atoms with Crippen LogP contribution < -0.4 is 14.5 Å². The van der Waals surface area contributed by atoms with Crippen molar-refractivity contribution in [1.82, 2.24) is 9.78 Å². The normalized spacial score (nSPS) is 25.7. The summed E-state index contributed by atoms with van der Waals surface area (Å²) in [4.78, 5) is 73.4. The number of thiophene rings is 1. The number of aromatic nitrogens is 2. The first kappa shape index (κ1) is 35.9. The number of ether oxygens (including phenoxy) is 1. The first-order chi connectivity index (χ1) is 26.7. The molecule has 284 valence electrons. The number of hydrogen-bond acceptors (Lipinski definition) is 9. The number of carbonyl (C=O) groups excluding carboxylic acids is 4. The summed E-state index contributed by atoms with van der Waals surface area (Å²) in [7, 11) is 3.12. The zero-order chi connectivity index (χ0) is 39.5. The van der Waals surface area contributed by atoms with Crippen molar-refractivity contribution in [3.8, 4) is 22.1 Å². The van der Waals surface area contributed by atoms with Crippen molar-refractivity contribution in [3.05, 3.63) is 100 Å². The van der Waals surface area contributed by atoms with Crippen LogP contribution in [0.1, 0.15) is 47.2 Å². The van der Waals surface area contributed by atoms with E-state index in [4.69, 9.17) is 21.4 Å². The molecule has 56 heavy (non-hydrogen) atoms. The molecule has 2 aliphatic carbocycles. The number of carboxylic acid groups (broad SMARTS) is 1. The Hall–Kier alpha value is -5.79. The number of carbonyl (C=O) groups is 5. The van der Waals surface area contributed by atoms with Gasteiger partial charge in [0.2, 0.25) is 23.6 Å². The summed E-state index contributed by atoms with van der Waals surface area (Å²) in [6.45, 7) is 3.76. The fraction of sp³-hybridized carbons (Fsp3) is 0.286. The summed E-state index contributed by atoms with van der Waals surface area (Å²) in [5.41, 5.74) is 1.60. The Labute approximate surface area is 329 Å². The molecule has 2 N–H and O–H groups in total. The van der Waals surface area contributed by atoms with Gasteiger partial charge in [-0.05, 0) is 97.7 Å². The van der Waals surface area contributed by atoms with Crippen molar-refractivity contribution >= 4 is 74.1 Å². The number of hydrogen-bond donors (Lipinski definition) is 2. The lowest BCUT2D eigenvalue weighted by Gasteiger charge is -2.49. The molecule has 4 heterocycles. The fourth-order valence-electron chi connectivity index (χ4n) is 9.75. The van der Waals surface area contributed by atoms with E-state index in [0.717, 1.165) is 31.0 Å². The van der Waals surface area contributed by atoms with Crippen LogP contribution in [-0.4, -0.2) is 56.7 Å². The molecule has 2 saturated heterocycles. The number of aromatic hydroxyl groups is 1. The molecule has 0 bridgehead atoms. The van der Waals surface area contributed by atoms with Gasteiger partial charge in [0.15, 0.2) is 11.5 Å². The van der Waals surface area contributed by atoms with Gasteiger partial charge in [0.1, 0.15) is 11.5 Å². The second-order valence-electron chi connectivity index (χ2n) is 15.2. The third-order valence-electron chi connectivity index (χ3n) is 12.4. The van der Waals surface area contributed by atoms with Crippen molar-refractivity contribution in [2.75, 3.05) is 16.9 Å². The molecule has 3 fully saturated rings. The van der Waals surface area contributed by atoms with Crippen LogP contribution in [0.3, 0.4) is 0 Å². The van der Waals surface area contributed by atoms with E-state index in [1.54, 1.807) is 32.2 Å². The van der Waals surface area contributed by atoms with Gasteiger partial charge in [-0.3, -0.25) is 28.8 Å². The largest absolute Gasteiger partial charge is 0.504 e. The number of anilines is 2. The Morgan fingerprint density at radius 3 is 2.50 bits per heavy atom. The minimum Gasteiger partial charge on any atom is -0.504 e. The first-order valence-electron chi connectivity index (χ1n) is 18.1. The van der Waals surface area contributed by atoms with E-state index in [1.807, 2.05) is 31.2 Å². The molecule has 2 aliphatic heterocycles. The molecule has 12 nitrogen and oxygen atoms in total. The number of nitrogens with zero attached hydrogens (tertiary/aromatic N) is 4. The number of fused-ring (bicyclic) bond motifs is 5. The monoisotopic (exact) mass is 790 g/mol.